The van der Waals surface area contributed by atoms with Gasteiger partial charge in [0.25, 0.3) is 0 Å². The number of fused-ring (bicyclic) bond motifs is 4. The number of nitrogens with one attached hydrogen (secondary N) is 1. The zero-order valence-electron chi connectivity index (χ0n) is 29.1. The fourth-order valence-electron chi connectivity index (χ4n) is 5.46. The molecule has 1 N–H and O–H groups in total. The first-order valence-corrected chi connectivity index (χ1v) is 16.6. The summed E-state index contributed by atoms with van der Waals surface area (Å²) in [5.74, 6) is -0.187. The van der Waals surface area contributed by atoms with Crippen LogP contribution in [0.3, 0.4) is 0 Å². The minimum absolute atomic E-state index is 0.0399. The summed E-state index contributed by atoms with van der Waals surface area (Å²) < 4.78 is 14.7. The van der Waals surface area contributed by atoms with Crippen molar-refractivity contribution < 1.29 is 19.1 Å². The molecule has 1 aromatic carbocycles. The van der Waals surface area contributed by atoms with Crippen LogP contribution in [-0.4, -0.2) is 62.7 Å². The van der Waals surface area contributed by atoms with E-state index in [0.29, 0.717) is 32.7 Å². The maximum atomic E-state index is 13.7. The van der Waals surface area contributed by atoms with E-state index in [9.17, 15) is 9.59 Å². The van der Waals surface area contributed by atoms with Crippen molar-refractivity contribution >= 4 is 17.4 Å². The van der Waals surface area contributed by atoms with E-state index in [1.165, 1.54) is 6.92 Å². The number of allylic oxidation sites excluding steroid dienone is 5. The van der Waals surface area contributed by atoms with Gasteiger partial charge in [0, 0.05) is 49.7 Å². The van der Waals surface area contributed by atoms with Gasteiger partial charge >= 0.3 is 0 Å². The molecule has 0 atom stereocenters. The number of rotatable bonds is 14. The molecule has 1 aliphatic heterocycles. The summed E-state index contributed by atoms with van der Waals surface area (Å²) in [7, 11) is 0. The average molecular weight is 632 g/mol. The minimum atomic E-state index is -0.402. The van der Waals surface area contributed by atoms with E-state index in [0.717, 1.165) is 59.7 Å². The van der Waals surface area contributed by atoms with Gasteiger partial charge < -0.3 is 19.7 Å². The normalized spacial score (nSPS) is 15.1. The van der Waals surface area contributed by atoms with Crippen LogP contribution in [0.5, 0.6) is 0 Å². The molecular weight excluding hydrogens is 578 g/mol. The second-order valence-corrected chi connectivity index (χ2v) is 14.4. The first-order valence-electron chi connectivity index (χ1n) is 16.6. The molecule has 9 nitrogen and oxygen atoms in total. The molecule has 1 aromatic heterocycles. The Morgan fingerprint density at radius 2 is 1.74 bits per heavy atom. The lowest BCUT2D eigenvalue weighted by molar-refractivity contribution is -0.129. The van der Waals surface area contributed by atoms with Crippen LogP contribution >= 0.6 is 0 Å². The summed E-state index contributed by atoms with van der Waals surface area (Å²) in [4.78, 5) is 27.1. The molecule has 0 saturated heterocycles. The molecule has 0 fully saturated rings. The molecule has 2 amide bonds. The maximum Gasteiger partial charge on any atom is 0.228 e. The molecule has 0 radical (unpaired) electrons. The first kappa shape index (κ1) is 35.3. The minimum Gasteiger partial charge on any atom is -0.375 e. The number of amides is 2. The zero-order chi connectivity index (χ0) is 33.5. The predicted octanol–water partition coefficient (Wildman–Crippen LogP) is 6.85. The monoisotopic (exact) mass is 631 g/mol. The predicted molar refractivity (Wildman–Crippen MR) is 182 cm³/mol. The largest absolute Gasteiger partial charge is 0.375 e. The van der Waals surface area contributed by atoms with Crippen LogP contribution < -0.4 is 5.32 Å². The number of ether oxygens (including phenoxy) is 2. The Morgan fingerprint density at radius 3 is 2.48 bits per heavy atom. The summed E-state index contributed by atoms with van der Waals surface area (Å²) >= 11 is 0. The molecule has 1 aliphatic carbocycles. The van der Waals surface area contributed by atoms with Crippen molar-refractivity contribution in [3.05, 3.63) is 65.5 Å². The number of hydrogen-bond donors (Lipinski definition) is 1. The van der Waals surface area contributed by atoms with Crippen LogP contribution in [0.25, 0.3) is 16.8 Å². The molecule has 2 aromatic rings. The number of aromatic nitrogens is 3. The fourth-order valence-corrected chi connectivity index (χ4v) is 5.46. The fraction of sp³-hybridized carbons (Fsp3) is 0.568. The summed E-state index contributed by atoms with van der Waals surface area (Å²) in [6.45, 7) is 19.2. The van der Waals surface area contributed by atoms with Gasteiger partial charge in [0.15, 0.2) is 0 Å². The highest BCUT2D eigenvalue weighted by atomic mass is 16.5. The van der Waals surface area contributed by atoms with E-state index in [-0.39, 0.29) is 29.3 Å². The lowest BCUT2D eigenvalue weighted by Crippen LogP contribution is -2.35. The van der Waals surface area contributed by atoms with E-state index < -0.39 is 5.60 Å². The highest BCUT2D eigenvalue weighted by Crippen LogP contribution is 2.39. The number of carbonyl (C=O) groups is 2. The van der Waals surface area contributed by atoms with Gasteiger partial charge in [-0.25, -0.2) is 4.68 Å². The highest BCUT2D eigenvalue weighted by molar-refractivity contribution is 5.89. The van der Waals surface area contributed by atoms with Crippen LogP contribution in [0.2, 0.25) is 0 Å². The van der Waals surface area contributed by atoms with Crippen molar-refractivity contribution in [3.63, 3.8) is 0 Å². The van der Waals surface area contributed by atoms with Gasteiger partial charge in [-0.05, 0) is 57.9 Å². The molecule has 250 valence electrons. The Hall–Kier alpha value is -3.56. The quantitative estimate of drug-likeness (QED) is 0.245. The van der Waals surface area contributed by atoms with Gasteiger partial charge in [0.2, 0.25) is 11.8 Å². The van der Waals surface area contributed by atoms with E-state index >= 15 is 0 Å². The molecule has 4 rings (SSSR count). The molecule has 2 heterocycles. The van der Waals surface area contributed by atoms with Crippen molar-refractivity contribution in [2.24, 2.45) is 5.41 Å². The Bertz CT molecular complexity index is 1480. The van der Waals surface area contributed by atoms with Gasteiger partial charge in [0.05, 0.1) is 36.7 Å². The third-order valence-corrected chi connectivity index (χ3v) is 9.00. The molecule has 0 unspecified atom stereocenters. The first-order chi connectivity index (χ1) is 21.7. The highest BCUT2D eigenvalue weighted by Gasteiger charge is 2.31. The van der Waals surface area contributed by atoms with Crippen molar-refractivity contribution in [1.82, 2.24) is 25.2 Å². The van der Waals surface area contributed by atoms with Crippen LogP contribution in [-0.2, 0) is 32.2 Å². The average Bonchev–Trinajstić information content (AvgIpc) is 3.26. The van der Waals surface area contributed by atoms with E-state index in [4.69, 9.17) is 14.6 Å². The maximum absolute atomic E-state index is 13.7. The van der Waals surface area contributed by atoms with Crippen molar-refractivity contribution in [3.8, 4) is 11.3 Å². The second kappa shape index (κ2) is 14.9. The van der Waals surface area contributed by atoms with Crippen molar-refractivity contribution in [1.29, 1.82) is 0 Å². The van der Waals surface area contributed by atoms with Gasteiger partial charge in [-0.1, -0.05) is 74.6 Å². The smallest absolute Gasteiger partial charge is 0.228 e. The van der Waals surface area contributed by atoms with Gasteiger partial charge in [0.1, 0.15) is 5.69 Å². The number of nitrogens with zero attached hydrogens (tertiary/aromatic N) is 4. The Labute approximate surface area is 275 Å². The molecular formula is C37H53N5O4. The number of benzene rings is 1. The number of carbonyl (C=O) groups excluding carboxylic acids is 2. The Kier molecular flexibility index (Phi) is 11.4. The van der Waals surface area contributed by atoms with Crippen LogP contribution in [0.1, 0.15) is 98.8 Å². The molecule has 0 saturated carbocycles. The molecule has 9 heteroatoms. The molecule has 46 heavy (non-hydrogen) atoms. The molecule has 2 aliphatic rings. The van der Waals surface area contributed by atoms with Crippen molar-refractivity contribution in [2.45, 2.75) is 112 Å². The summed E-state index contributed by atoms with van der Waals surface area (Å²) in [6, 6.07) is 8.09. The van der Waals surface area contributed by atoms with E-state index in [1.54, 1.807) is 0 Å². The van der Waals surface area contributed by atoms with E-state index in [2.05, 4.69) is 77.2 Å². The SMILES string of the molecule is CCC(C)(C)COC(C)(C)CCOC(C)(C)CCn1nnc2c1C1=C(CC=CC=C1)N(C(=O)CCNC(C)=O)Cc1ccccc1-2. The molecule has 0 bridgehead atoms. The Balaban J connectivity index is 1.58. The summed E-state index contributed by atoms with van der Waals surface area (Å²) in [5.41, 5.74) is 4.99. The van der Waals surface area contributed by atoms with Crippen LogP contribution in [0.4, 0.5) is 0 Å². The standard InChI is InChI=1S/C37H53N5O4/c1-9-35(3,4)26-46-37(7,8)21-24-45-36(5,6)20-23-42-34-30-17-11-10-12-18-31(30)41(32(44)19-22-38-27(2)43)25-28-15-13-14-16-29(28)33(34)39-40-42/h10-17H,9,18-26H2,1-8H3,(H,38,43). The van der Waals surface area contributed by atoms with Gasteiger partial charge in [-0.3, -0.25) is 9.59 Å². The lowest BCUT2D eigenvalue weighted by Gasteiger charge is -2.33. The van der Waals surface area contributed by atoms with Crippen LogP contribution in [0.15, 0.2) is 54.3 Å². The van der Waals surface area contributed by atoms with Crippen LogP contribution in [0, 0.1) is 5.41 Å². The summed E-state index contributed by atoms with van der Waals surface area (Å²) in [5, 5.41) is 12.2. The molecule has 0 spiro atoms. The Morgan fingerprint density at radius 1 is 1.00 bits per heavy atom. The zero-order valence-corrected chi connectivity index (χ0v) is 29.1. The summed E-state index contributed by atoms with van der Waals surface area (Å²) in [6.07, 6.45) is 11.5. The van der Waals surface area contributed by atoms with E-state index in [1.807, 2.05) is 39.9 Å². The van der Waals surface area contributed by atoms with Gasteiger partial charge in [-0.15, -0.1) is 5.10 Å². The topological polar surface area (TPSA) is 98.6 Å². The van der Waals surface area contributed by atoms with Gasteiger partial charge in [-0.2, -0.15) is 0 Å². The third-order valence-electron chi connectivity index (χ3n) is 9.00. The third kappa shape index (κ3) is 9.26. The lowest BCUT2D eigenvalue weighted by atomic mass is 9.91. The second-order valence-electron chi connectivity index (χ2n) is 14.4. The van der Waals surface area contributed by atoms with Crippen molar-refractivity contribution in [2.75, 3.05) is 19.8 Å². The number of hydrogen-bond acceptors (Lipinski definition) is 6. The number of aryl methyl sites for hydroxylation is 1.